The summed E-state index contributed by atoms with van der Waals surface area (Å²) >= 11 is 0. The molecule has 2 aromatic carbocycles. The maximum atomic E-state index is 13.8. The number of benzene rings is 2. The van der Waals surface area contributed by atoms with Gasteiger partial charge in [0.15, 0.2) is 23.1 Å². The molecule has 0 saturated heterocycles. The van der Waals surface area contributed by atoms with Gasteiger partial charge in [-0.25, -0.2) is 4.39 Å². The van der Waals surface area contributed by atoms with Crippen LogP contribution in [0.5, 0.6) is 23.0 Å². The van der Waals surface area contributed by atoms with E-state index >= 15 is 0 Å². The summed E-state index contributed by atoms with van der Waals surface area (Å²) in [6.45, 7) is 0.111. The summed E-state index contributed by atoms with van der Waals surface area (Å²) in [5.74, 6) is 0.939. The summed E-state index contributed by atoms with van der Waals surface area (Å²) in [4.78, 5) is 0. The largest absolute Gasteiger partial charge is 0.493 e. The molecule has 0 aromatic heterocycles. The maximum Gasteiger partial charge on any atom is 0.203 e. The van der Waals surface area contributed by atoms with E-state index < -0.39 is 5.82 Å². The van der Waals surface area contributed by atoms with E-state index in [-0.39, 0.29) is 17.9 Å². The van der Waals surface area contributed by atoms with E-state index in [1.807, 2.05) is 6.07 Å². The van der Waals surface area contributed by atoms with Crippen molar-refractivity contribution in [1.29, 1.82) is 5.26 Å². The fourth-order valence-corrected chi connectivity index (χ4v) is 2.07. The third kappa shape index (κ3) is 3.64. The predicted molar refractivity (Wildman–Crippen MR) is 81.5 cm³/mol. The van der Waals surface area contributed by atoms with Crippen molar-refractivity contribution in [3.05, 3.63) is 47.3 Å². The first-order chi connectivity index (χ1) is 11.1. The molecule has 120 valence electrons. The van der Waals surface area contributed by atoms with Crippen LogP contribution in [-0.2, 0) is 6.61 Å². The molecule has 0 amide bonds. The first kappa shape index (κ1) is 16.4. The van der Waals surface area contributed by atoms with Crippen LogP contribution >= 0.6 is 0 Å². The molecule has 2 rings (SSSR count). The van der Waals surface area contributed by atoms with Crippen molar-refractivity contribution >= 4 is 0 Å². The van der Waals surface area contributed by atoms with Crippen LogP contribution in [0.3, 0.4) is 0 Å². The summed E-state index contributed by atoms with van der Waals surface area (Å²) in [5.41, 5.74) is 0.964. The van der Waals surface area contributed by atoms with Crippen molar-refractivity contribution in [2.24, 2.45) is 0 Å². The lowest BCUT2D eigenvalue weighted by atomic mass is 10.2. The summed E-state index contributed by atoms with van der Waals surface area (Å²) in [6.07, 6.45) is 0. The highest BCUT2D eigenvalue weighted by atomic mass is 19.1. The number of ether oxygens (including phenoxy) is 4. The summed E-state index contributed by atoms with van der Waals surface area (Å²) in [5, 5.41) is 8.73. The van der Waals surface area contributed by atoms with Gasteiger partial charge in [0.05, 0.1) is 33.0 Å². The lowest BCUT2D eigenvalue weighted by molar-refractivity contribution is 0.285. The van der Waals surface area contributed by atoms with Crippen LogP contribution in [-0.4, -0.2) is 21.3 Å². The molecular weight excluding hydrogens is 301 g/mol. The van der Waals surface area contributed by atoms with Gasteiger partial charge in [0.1, 0.15) is 6.61 Å². The van der Waals surface area contributed by atoms with E-state index in [1.165, 1.54) is 33.5 Å². The fourth-order valence-electron chi connectivity index (χ4n) is 2.07. The second kappa shape index (κ2) is 7.36. The van der Waals surface area contributed by atoms with Crippen LogP contribution in [0.4, 0.5) is 4.39 Å². The summed E-state index contributed by atoms with van der Waals surface area (Å²) in [7, 11) is 4.55. The monoisotopic (exact) mass is 317 g/mol. The van der Waals surface area contributed by atoms with Gasteiger partial charge in [-0.2, -0.15) is 5.26 Å². The number of rotatable bonds is 6. The quantitative estimate of drug-likeness (QED) is 0.818. The van der Waals surface area contributed by atoms with Gasteiger partial charge in [-0.05, 0) is 35.9 Å². The van der Waals surface area contributed by atoms with Crippen LogP contribution in [0.1, 0.15) is 11.1 Å². The fraction of sp³-hybridized carbons (Fsp3) is 0.235. The van der Waals surface area contributed by atoms with Crippen LogP contribution in [0.15, 0.2) is 30.3 Å². The number of hydrogen-bond donors (Lipinski definition) is 0. The summed E-state index contributed by atoms with van der Waals surface area (Å²) < 4.78 is 35.0. The minimum absolute atomic E-state index is 0.0674. The molecule has 0 bridgehead atoms. The normalized spacial score (nSPS) is 9.87. The third-order valence-electron chi connectivity index (χ3n) is 3.18. The van der Waals surface area contributed by atoms with Crippen molar-refractivity contribution in [2.75, 3.05) is 21.3 Å². The van der Waals surface area contributed by atoms with Crippen molar-refractivity contribution in [3.8, 4) is 29.1 Å². The van der Waals surface area contributed by atoms with Crippen LogP contribution in [0, 0.1) is 17.1 Å². The Morgan fingerprint density at radius 2 is 1.61 bits per heavy atom. The lowest BCUT2D eigenvalue weighted by Gasteiger charge is -2.14. The van der Waals surface area contributed by atoms with Gasteiger partial charge in [0.2, 0.25) is 5.75 Å². The highest BCUT2D eigenvalue weighted by Crippen LogP contribution is 2.38. The summed E-state index contributed by atoms with van der Waals surface area (Å²) in [6, 6.07) is 9.36. The molecule has 0 unspecified atom stereocenters. The highest BCUT2D eigenvalue weighted by Gasteiger charge is 2.14. The molecule has 0 spiro atoms. The van der Waals surface area contributed by atoms with Crippen molar-refractivity contribution in [2.45, 2.75) is 6.61 Å². The second-order valence-electron chi connectivity index (χ2n) is 4.58. The zero-order chi connectivity index (χ0) is 16.8. The Labute approximate surface area is 133 Å². The zero-order valence-corrected chi connectivity index (χ0v) is 13.1. The van der Waals surface area contributed by atoms with Gasteiger partial charge in [-0.15, -0.1) is 0 Å². The number of nitriles is 1. The van der Waals surface area contributed by atoms with Gasteiger partial charge < -0.3 is 18.9 Å². The molecule has 23 heavy (non-hydrogen) atoms. The van der Waals surface area contributed by atoms with Crippen molar-refractivity contribution in [1.82, 2.24) is 0 Å². The molecule has 0 fully saturated rings. The minimum atomic E-state index is -0.587. The van der Waals surface area contributed by atoms with E-state index in [9.17, 15) is 4.39 Å². The Morgan fingerprint density at radius 3 is 2.09 bits per heavy atom. The number of nitrogens with zero attached hydrogens (tertiary/aromatic N) is 1. The molecule has 6 heteroatoms. The molecular formula is C17H16FNO4. The zero-order valence-electron chi connectivity index (χ0n) is 13.1. The van der Waals surface area contributed by atoms with Crippen LogP contribution in [0.2, 0.25) is 0 Å². The van der Waals surface area contributed by atoms with Crippen molar-refractivity contribution < 1.29 is 23.3 Å². The van der Waals surface area contributed by atoms with Gasteiger partial charge in [-0.1, -0.05) is 0 Å². The Hall–Kier alpha value is -2.94. The maximum absolute atomic E-state index is 13.8. The van der Waals surface area contributed by atoms with Crippen LogP contribution in [0.25, 0.3) is 0 Å². The van der Waals surface area contributed by atoms with Gasteiger partial charge in [-0.3, -0.25) is 0 Å². The molecule has 5 nitrogen and oxygen atoms in total. The third-order valence-corrected chi connectivity index (χ3v) is 3.18. The molecule has 0 aliphatic heterocycles. The smallest absolute Gasteiger partial charge is 0.203 e. The van der Waals surface area contributed by atoms with Gasteiger partial charge in [0.25, 0.3) is 0 Å². The van der Waals surface area contributed by atoms with E-state index in [0.29, 0.717) is 17.2 Å². The van der Waals surface area contributed by atoms with E-state index in [2.05, 4.69) is 0 Å². The van der Waals surface area contributed by atoms with E-state index in [0.717, 1.165) is 11.6 Å². The molecule has 0 N–H and O–H groups in total. The van der Waals surface area contributed by atoms with E-state index in [1.54, 1.807) is 12.1 Å². The number of methoxy groups -OCH3 is 3. The number of halogens is 1. The topological polar surface area (TPSA) is 60.7 Å². The Kier molecular flexibility index (Phi) is 5.26. The first-order valence-corrected chi connectivity index (χ1v) is 6.74. The molecule has 0 aliphatic rings. The number of hydrogen-bond acceptors (Lipinski definition) is 5. The van der Waals surface area contributed by atoms with Gasteiger partial charge in [0, 0.05) is 0 Å². The van der Waals surface area contributed by atoms with Crippen molar-refractivity contribution in [3.63, 3.8) is 0 Å². The first-order valence-electron chi connectivity index (χ1n) is 6.74. The molecule has 0 atom stereocenters. The second-order valence-corrected chi connectivity index (χ2v) is 4.58. The van der Waals surface area contributed by atoms with Gasteiger partial charge >= 0.3 is 0 Å². The molecule has 0 heterocycles. The molecule has 0 saturated carbocycles. The Morgan fingerprint density at radius 1 is 0.957 bits per heavy atom. The highest BCUT2D eigenvalue weighted by molar-refractivity contribution is 5.53. The van der Waals surface area contributed by atoms with Crippen LogP contribution < -0.4 is 18.9 Å². The predicted octanol–water partition coefficient (Wildman–Crippen LogP) is 3.30. The molecule has 0 aliphatic carbocycles. The average Bonchev–Trinajstić information content (AvgIpc) is 2.59. The molecule has 2 aromatic rings. The lowest BCUT2D eigenvalue weighted by Crippen LogP contribution is -2.01. The Balaban J connectivity index is 2.22. The standard InChI is InChI=1S/C17H16FNO4/c1-20-15-7-12(8-16(21-2)17(15)22-3)10-23-14-5-4-11(9-19)6-13(14)18/h4-8H,10H2,1-3H3. The Bertz CT molecular complexity index is 715. The molecule has 0 radical (unpaired) electrons. The average molecular weight is 317 g/mol. The van der Waals surface area contributed by atoms with E-state index in [4.69, 9.17) is 24.2 Å². The SMILES string of the molecule is COc1cc(COc2ccc(C#N)cc2F)cc(OC)c1OC. The minimum Gasteiger partial charge on any atom is -0.493 e.